The highest BCUT2D eigenvalue weighted by Gasteiger charge is 1.96. The predicted molar refractivity (Wildman–Crippen MR) is 42.5 cm³/mol. The summed E-state index contributed by atoms with van der Waals surface area (Å²) in [4.78, 5) is 0. The molecule has 1 atom stereocenters. The molecule has 0 aliphatic heterocycles. The highest BCUT2D eigenvalue weighted by molar-refractivity contribution is 7.80. The molecule has 0 unspecified atom stereocenters. The van der Waals surface area contributed by atoms with Crippen molar-refractivity contribution in [3.8, 4) is 0 Å². The SMILES string of the molecule is CCC[C@H](C)CCS. The highest BCUT2D eigenvalue weighted by atomic mass is 32.1. The van der Waals surface area contributed by atoms with Crippen molar-refractivity contribution in [3.63, 3.8) is 0 Å². The van der Waals surface area contributed by atoms with Crippen molar-refractivity contribution < 1.29 is 0 Å². The van der Waals surface area contributed by atoms with Crippen molar-refractivity contribution in [1.29, 1.82) is 0 Å². The molecule has 0 nitrogen and oxygen atoms in total. The zero-order chi connectivity index (χ0) is 6.41. The zero-order valence-electron chi connectivity index (χ0n) is 5.85. The molecule has 50 valence electrons. The van der Waals surface area contributed by atoms with E-state index in [2.05, 4.69) is 26.5 Å². The van der Waals surface area contributed by atoms with Gasteiger partial charge in [0.2, 0.25) is 0 Å². The van der Waals surface area contributed by atoms with E-state index in [1.165, 1.54) is 19.3 Å². The van der Waals surface area contributed by atoms with Gasteiger partial charge >= 0.3 is 0 Å². The van der Waals surface area contributed by atoms with E-state index in [0.29, 0.717) is 0 Å². The van der Waals surface area contributed by atoms with Crippen LogP contribution in [-0.2, 0) is 0 Å². The van der Waals surface area contributed by atoms with E-state index in [4.69, 9.17) is 0 Å². The Morgan fingerprint density at radius 2 is 2.00 bits per heavy atom. The van der Waals surface area contributed by atoms with E-state index in [1.54, 1.807) is 0 Å². The maximum atomic E-state index is 4.15. The lowest BCUT2D eigenvalue weighted by molar-refractivity contribution is 0.513. The van der Waals surface area contributed by atoms with Gasteiger partial charge in [0.05, 0.1) is 0 Å². The van der Waals surface area contributed by atoms with Gasteiger partial charge in [-0.1, -0.05) is 26.7 Å². The maximum Gasteiger partial charge on any atom is -0.00954 e. The van der Waals surface area contributed by atoms with Crippen molar-refractivity contribution in [2.45, 2.75) is 33.1 Å². The van der Waals surface area contributed by atoms with Crippen LogP contribution in [0.15, 0.2) is 0 Å². The summed E-state index contributed by atoms with van der Waals surface area (Å²) in [6.45, 7) is 4.52. The Bertz CT molecular complexity index is 37.7. The molecule has 0 radical (unpaired) electrons. The minimum absolute atomic E-state index is 0.887. The maximum absolute atomic E-state index is 4.15. The summed E-state index contributed by atoms with van der Waals surface area (Å²) >= 11 is 4.15. The van der Waals surface area contributed by atoms with Crippen LogP contribution in [0.5, 0.6) is 0 Å². The first-order valence-electron chi connectivity index (χ1n) is 3.42. The minimum Gasteiger partial charge on any atom is -0.179 e. The van der Waals surface area contributed by atoms with Gasteiger partial charge in [0, 0.05) is 0 Å². The molecule has 0 spiro atoms. The predicted octanol–water partition coefficient (Wildman–Crippen LogP) is 2.74. The highest BCUT2D eigenvalue weighted by Crippen LogP contribution is 2.09. The zero-order valence-corrected chi connectivity index (χ0v) is 6.75. The van der Waals surface area contributed by atoms with Crippen molar-refractivity contribution >= 4 is 12.6 Å². The molecular weight excluding hydrogens is 116 g/mol. The Kier molecular flexibility index (Phi) is 5.73. The average Bonchev–Trinajstić information content (AvgIpc) is 1.68. The molecule has 1 heteroatoms. The van der Waals surface area contributed by atoms with Crippen molar-refractivity contribution in [2.75, 3.05) is 5.75 Å². The topological polar surface area (TPSA) is 0 Å². The summed E-state index contributed by atoms with van der Waals surface area (Å²) in [5, 5.41) is 0. The Hall–Kier alpha value is 0.350. The third-order valence-electron chi connectivity index (χ3n) is 1.40. The van der Waals surface area contributed by atoms with Gasteiger partial charge in [0.25, 0.3) is 0 Å². The van der Waals surface area contributed by atoms with Crippen LogP contribution in [0.25, 0.3) is 0 Å². The Morgan fingerprint density at radius 1 is 1.38 bits per heavy atom. The van der Waals surface area contributed by atoms with Crippen LogP contribution < -0.4 is 0 Å². The van der Waals surface area contributed by atoms with Crippen LogP contribution in [0.4, 0.5) is 0 Å². The van der Waals surface area contributed by atoms with E-state index in [9.17, 15) is 0 Å². The first kappa shape index (κ1) is 8.35. The number of hydrogen-bond acceptors (Lipinski definition) is 1. The number of hydrogen-bond donors (Lipinski definition) is 1. The monoisotopic (exact) mass is 132 g/mol. The Morgan fingerprint density at radius 3 is 2.38 bits per heavy atom. The van der Waals surface area contributed by atoms with E-state index in [1.807, 2.05) is 0 Å². The minimum atomic E-state index is 0.887. The van der Waals surface area contributed by atoms with E-state index in [0.717, 1.165) is 11.7 Å². The summed E-state index contributed by atoms with van der Waals surface area (Å²) in [5.41, 5.74) is 0. The van der Waals surface area contributed by atoms with Gasteiger partial charge in [-0.15, -0.1) is 0 Å². The lowest BCUT2D eigenvalue weighted by atomic mass is 10.0. The lowest BCUT2D eigenvalue weighted by Gasteiger charge is -2.05. The molecule has 0 aliphatic rings. The Labute approximate surface area is 58.1 Å². The summed E-state index contributed by atoms with van der Waals surface area (Å²) in [6.07, 6.45) is 3.95. The second-order valence-corrected chi connectivity index (χ2v) is 2.85. The van der Waals surface area contributed by atoms with E-state index >= 15 is 0 Å². The summed E-state index contributed by atoms with van der Waals surface area (Å²) in [5.74, 6) is 1.93. The fourth-order valence-corrected chi connectivity index (χ4v) is 1.30. The van der Waals surface area contributed by atoms with Gasteiger partial charge in [-0.05, 0) is 18.1 Å². The largest absolute Gasteiger partial charge is 0.179 e. The summed E-state index contributed by atoms with van der Waals surface area (Å²) < 4.78 is 0. The van der Waals surface area contributed by atoms with Gasteiger partial charge in [-0.2, -0.15) is 12.6 Å². The smallest absolute Gasteiger partial charge is 0.00954 e. The first-order chi connectivity index (χ1) is 3.81. The van der Waals surface area contributed by atoms with E-state index < -0.39 is 0 Å². The van der Waals surface area contributed by atoms with Gasteiger partial charge in [0.1, 0.15) is 0 Å². The molecule has 0 heterocycles. The third-order valence-corrected chi connectivity index (χ3v) is 1.66. The summed E-state index contributed by atoms with van der Waals surface area (Å²) in [7, 11) is 0. The molecule has 0 amide bonds. The van der Waals surface area contributed by atoms with E-state index in [-0.39, 0.29) is 0 Å². The second kappa shape index (κ2) is 5.49. The first-order valence-corrected chi connectivity index (χ1v) is 4.05. The molecule has 0 bridgehead atoms. The molecule has 0 rings (SSSR count). The van der Waals surface area contributed by atoms with Crippen molar-refractivity contribution in [1.82, 2.24) is 0 Å². The molecule has 0 aromatic heterocycles. The second-order valence-electron chi connectivity index (χ2n) is 2.41. The molecule has 0 saturated carbocycles. The van der Waals surface area contributed by atoms with Crippen LogP contribution in [-0.4, -0.2) is 5.75 Å². The van der Waals surface area contributed by atoms with Crippen LogP contribution >= 0.6 is 12.6 Å². The molecule has 0 aromatic carbocycles. The van der Waals surface area contributed by atoms with Crippen LogP contribution in [0.1, 0.15) is 33.1 Å². The van der Waals surface area contributed by atoms with Crippen molar-refractivity contribution in [3.05, 3.63) is 0 Å². The molecule has 0 aromatic rings. The number of rotatable bonds is 4. The average molecular weight is 132 g/mol. The fraction of sp³-hybridized carbons (Fsp3) is 1.00. The molecule has 0 fully saturated rings. The fourth-order valence-electron chi connectivity index (χ4n) is 0.858. The van der Waals surface area contributed by atoms with Gasteiger partial charge in [0.15, 0.2) is 0 Å². The lowest BCUT2D eigenvalue weighted by Crippen LogP contribution is -1.93. The van der Waals surface area contributed by atoms with Gasteiger partial charge in [-0.3, -0.25) is 0 Å². The molecule has 8 heavy (non-hydrogen) atoms. The molecular formula is C7H16S. The van der Waals surface area contributed by atoms with Gasteiger partial charge in [-0.25, -0.2) is 0 Å². The van der Waals surface area contributed by atoms with Crippen LogP contribution in [0, 0.1) is 5.92 Å². The van der Waals surface area contributed by atoms with Gasteiger partial charge < -0.3 is 0 Å². The normalized spacial score (nSPS) is 13.9. The van der Waals surface area contributed by atoms with Crippen LogP contribution in [0.3, 0.4) is 0 Å². The summed E-state index contributed by atoms with van der Waals surface area (Å²) in [6, 6.07) is 0. The Balaban J connectivity index is 2.92. The van der Waals surface area contributed by atoms with Crippen LogP contribution in [0.2, 0.25) is 0 Å². The molecule has 0 aliphatic carbocycles. The van der Waals surface area contributed by atoms with Crippen molar-refractivity contribution in [2.24, 2.45) is 5.92 Å². The standard InChI is InChI=1S/C7H16S/c1-3-4-7(2)5-6-8/h7-8H,3-6H2,1-2H3/t7-/m0/s1. The number of thiol groups is 1. The quantitative estimate of drug-likeness (QED) is 0.559. The molecule has 0 N–H and O–H groups in total. The molecule has 0 saturated heterocycles. The third kappa shape index (κ3) is 4.51.